The van der Waals surface area contributed by atoms with Gasteiger partial charge in [-0.1, -0.05) is 6.07 Å². The summed E-state index contributed by atoms with van der Waals surface area (Å²) >= 11 is 0. The molecule has 0 bridgehead atoms. The van der Waals surface area contributed by atoms with E-state index < -0.39 is 11.9 Å². The van der Waals surface area contributed by atoms with Gasteiger partial charge in [-0.3, -0.25) is 24.5 Å². The quantitative estimate of drug-likeness (QED) is 0.573. The van der Waals surface area contributed by atoms with Crippen LogP contribution < -0.4 is 10.6 Å². The molecule has 1 fully saturated rings. The van der Waals surface area contributed by atoms with E-state index in [0.29, 0.717) is 35.3 Å². The van der Waals surface area contributed by atoms with Crippen molar-refractivity contribution in [1.82, 2.24) is 20.2 Å². The number of hydrogen-bond donors (Lipinski definition) is 3. The maximum absolute atomic E-state index is 12.9. The molecule has 30 heavy (non-hydrogen) atoms. The number of aromatic amines is 1. The first kappa shape index (κ1) is 18.0. The van der Waals surface area contributed by atoms with Crippen LogP contribution in [0.15, 0.2) is 42.7 Å². The van der Waals surface area contributed by atoms with Crippen molar-refractivity contribution in [2.24, 2.45) is 0 Å². The summed E-state index contributed by atoms with van der Waals surface area (Å²) in [5, 5.41) is 5.09. The van der Waals surface area contributed by atoms with Gasteiger partial charge in [0.2, 0.25) is 11.8 Å². The second-order valence-electron chi connectivity index (χ2n) is 7.36. The standard InChI is InChI=1S/C21H17N5O4/c27-18-6-5-17(20(29)25-18)26-9-12-1-3-13(8-14(12)21(26)30)24-19(28)11-2-4-15-16(7-11)23-10-22-15/h1-4,7-8,10,17H,5-6,9H2,(H,22,23)(H,24,28)(H,25,27,29). The van der Waals surface area contributed by atoms with Crippen molar-refractivity contribution in [3.05, 3.63) is 59.4 Å². The molecule has 0 spiro atoms. The Morgan fingerprint density at radius 3 is 2.83 bits per heavy atom. The number of benzene rings is 2. The van der Waals surface area contributed by atoms with Gasteiger partial charge in [0.1, 0.15) is 6.04 Å². The summed E-state index contributed by atoms with van der Waals surface area (Å²) in [7, 11) is 0. The number of aromatic nitrogens is 2. The Bertz CT molecular complexity index is 1230. The normalized spacial score (nSPS) is 18.5. The van der Waals surface area contributed by atoms with Gasteiger partial charge < -0.3 is 15.2 Å². The maximum Gasteiger partial charge on any atom is 0.255 e. The summed E-state index contributed by atoms with van der Waals surface area (Å²) < 4.78 is 0. The third kappa shape index (κ3) is 3.00. The number of nitrogens with one attached hydrogen (secondary N) is 3. The Kier molecular flexibility index (Phi) is 4.09. The van der Waals surface area contributed by atoms with Gasteiger partial charge in [0.05, 0.1) is 17.4 Å². The van der Waals surface area contributed by atoms with Crippen molar-refractivity contribution < 1.29 is 19.2 Å². The number of carbonyl (C=O) groups is 4. The highest BCUT2D eigenvalue weighted by atomic mass is 16.2. The minimum atomic E-state index is -0.666. The number of imidazole rings is 1. The highest BCUT2D eigenvalue weighted by molar-refractivity contribution is 6.08. The van der Waals surface area contributed by atoms with E-state index in [2.05, 4.69) is 20.6 Å². The molecule has 0 saturated carbocycles. The van der Waals surface area contributed by atoms with Crippen molar-refractivity contribution >= 4 is 40.3 Å². The zero-order valence-corrected chi connectivity index (χ0v) is 15.8. The number of rotatable bonds is 3. The van der Waals surface area contributed by atoms with Gasteiger partial charge in [-0.05, 0) is 42.3 Å². The predicted octanol–water partition coefficient (Wildman–Crippen LogP) is 1.58. The Balaban J connectivity index is 1.35. The average Bonchev–Trinajstić information content (AvgIpc) is 3.32. The van der Waals surface area contributed by atoms with Gasteiger partial charge >= 0.3 is 0 Å². The molecule has 1 saturated heterocycles. The van der Waals surface area contributed by atoms with Crippen LogP contribution >= 0.6 is 0 Å². The molecule has 2 aliphatic heterocycles. The van der Waals surface area contributed by atoms with E-state index in [1.165, 1.54) is 4.90 Å². The summed E-state index contributed by atoms with van der Waals surface area (Å²) in [5.74, 6) is -1.37. The summed E-state index contributed by atoms with van der Waals surface area (Å²) in [6, 6.07) is 9.61. The number of fused-ring (bicyclic) bond motifs is 2. The van der Waals surface area contributed by atoms with Gasteiger partial charge in [0.25, 0.3) is 11.8 Å². The average molecular weight is 403 g/mol. The molecule has 2 aliphatic rings. The van der Waals surface area contributed by atoms with Crippen molar-refractivity contribution in [2.45, 2.75) is 25.4 Å². The van der Waals surface area contributed by atoms with Gasteiger partial charge in [0, 0.05) is 29.8 Å². The predicted molar refractivity (Wildman–Crippen MR) is 107 cm³/mol. The van der Waals surface area contributed by atoms with Crippen molar-refractivity contribution in [3.63, 3.8) is 0 Å². The number of anilines is 1. The molecule has 2 aromatic carbocycles. The van der Waals surface area contributed by atoms with Crippen LogP contribution in [0.1, 0.15) is 39.1 Å². The Morgan fingerprint density at radius 2 is 2.00 bits per heavy atom. The highest BCUT2D eigenvalue weighted by Gasteiger charge is 2.39. The Hall–Kier alpha value is -4.01. The molecule has 3 heterocycles. The minimum absolute atomic E-state index is 0.207. The summed E-state index contributed by atoms with van der Waals surface area (Å²) in [4.78, 5) is 57.6. The molecule has 3 N–H and O–H groups in total. The van der Waals surface area contributed by atoms with Crippen molar-refractivity contribution in [1.29, 1.82) is 0 Å². The van der Waals surface area contributed by atoms with Crippen LogP contribution in [0.2, 0.25) is 0 Å². The molecule has 1 aromatic heterocycles. The molecule has 0 radical (unpaired) electrons. The number of imide groups is 1. The molecule has 0 aliphatic carbocycles. The van der Waals surface area contributed by atoms with E-state index >= 15 is 0 Å². The van der Waals surface area contributed by atoms with E-state index in [9.17, 15) is 19.2 Å². The fourth-order valence-electron chi connectivity index (χ4n) is 3.91. The number of carbonyl (C=O) groups excluding carboxylic acids is 4. The minimum Gasteiger partial charge on any atom is -0.345 e. The Labute approximate surface area is 170 Å². The lowest BCUT2D eigenvalue weighted by Crippen LogP contribution is -2.52. The van der Waals surface area contributed by atoms with Gasteiger partial charge in [-0.25, -0.2) is 4.98 Å². The largest absolute Gasteiger partial charge is 0.345 e. The van der Waals surface area contributed by atoms with Crippen LogP contribution in [0, 0.1) is 0 Å². The molecule has 150 valence electrons. The van der Waals surface area contributed by atoms with Gasteiger partial charge in [-0.15, -0.1) is 0 Å². The Morgan fingerprint density at radius 1 is 1.13 bits per heavy atom. The number of hydrogen-bond acceptors (Lipinski definition) is 5. The van der Waals surface area contributed by atoms with Crippen LogP contribution in [0.25, 0.3) is 11.0 Å². The van der Waals surface area contributed by atoms with Crippen LogP contribution in [-0.2, 0) is 16.1 Å². The van der Waals surface area contributed by atoms with Crippen LogP contribution in [-0.4, -0.2) is 44.5 Å². The molecular formula is C21H17N5O4. The maximum atomic E-state index is 12.9. The second kappa shape index (κ2) is 6.80. The fourth-order valence-corrected chi connectivity index (χ4v) is 3.91. The molecule has 4 amide bonds. The van der Waals surface area contributed by atoms with Gasteiger partial charge in [-0.2, -0.15) is 0 Å². The van der Waals surface area contributed by atoms with E-state index in [4.69, 9.17) is 0 Å². The fraction of sp³-hybridized carbons (Fsp3) is 0.190. The van der Waals surface area contributed by atoms with E-state index in [1.54, 1.807) is 42.7 Å². The smallest absolute Gasteiger partial charge is 0.255 e. The monoisotopic (exact) mass is 403 g/mol. The number of H-pyrrole nitrogens is 1. The topological polar surface area (TPSA) is 124 Å². The molecule has 5 rings (SSSR count). The third-order valence-corrected chi connectivity index (χ3v) is 5.47. The lowest BCUT2D eigenvalue weighted by atomic mass is 10.0. The first-order valence-corrected chi connectivity index (χ1v) is 9.52. The van der Waals surface area contributed by atoms with E-state index in [1.807, 2.05) is 0 Å². The molecule has 3 aromatic rings. The van der Waals surface area contributed by atoms with Crippen LogP contribution in [0.5, 0.6) is 0 Å². The zero-order valence-electron chi connectivity index (χ0n) is 15.8. The van der Waals surface area contributed by atoms with Crippen LogP contribution in [0.3, 0.4) is 0 Å². The molecule has 1 unspecified atom stereocenters. The SMILES string of the molecule is O=C1CCC(N2Cc3ccc(NC(=O)c4ccc5[nH]cnc5c4)cc3C2=O)C(=O)N1. The number of amides is 4. The lowest BCUT2D eigenvalue weighted by molar-refractivity contribution is -0.136. The summed E-state index contributed by atoms with van der Waals surface area (Å²) in [6.07, 6.45) is 2.08. The molecular weight excluding hydrogens is 386 g/mol. The highest BCUT2D eigenvalue weighted by Crippen LogP contribution is 2.29. The van der Waals surface area contributed by atoms with E-state index in [0.717, 1.165) is 11.1 Å². The number of piperidine rings is 1. The molecule has 1 atom stereocenters. The molecule has 9 heteroatoms. The summed E-state index contributed by atoms with van der Waals surface area (Å²) in [5.41, 5.74) is 3.68. The second-order valence-corrected chi connectivity index (χ2v) is 7.36. The van der Waals surface area contributed by atoms with Crippen LogP contribution in [0.4, 0.5) is 5.69 Å². The van der Waals surface area contributed by atoms with Crippen molar-refractivity contribution in [2.75, 3.05) is 5.32 Å². The zero-order chi connectivity index (χ0) is 20.8. The molecule has 9 nitrogen and oxygen atoms in total. The van der Waals surface area contributed by atoms with Gasteiger partial charge in [0.15, 0.2) is 0 Å². The lowest BCUT2D eigenvalue weighted by Gasteiger charge is -2.29. The third-order valence-electron chi connectivity index (χ3n) is 5.47. The van der Waals surface area contributed by atoms with E-state index in [-0.39, 0.29) is 24.1 Å². The van der Waals surface area contributed by atoms with Crippen molar-refractivity contribution in [3.8, 4) is 0 Å². The first-order chi connectivity index (χ1) is 14.5. The summed E-state index contributed by atoms with van der Waals surface area (Å²) in [6.45, 7) is 0.296. The number of nitrogens with zero attached hydrogens (tertiary/aromatic N) is 2. The first-order valence-electron chi connectivity index (χ1n) is 9.52.